The van der Waals surface area contributed by atoms with Crippen LogP contribution in [0.4, 0.5) is 0 Å². The Hall–Kier alpha value is -0.570. The molecule has 0 saturated heterocycles. The van der Waals surface area contributed by atoms with Crippen LogP contribution in [0.25, 0.3) is 0 Å². The van der Waals surface area contributed by atoms with Crippen LogP contribution in [0.2, 0.25) is 0 Å². The van der Waals surface area contributed by atoms with Gasteiger partial charge in [0.15, 0.2) is 0 Å². The summed E-state index contributed by atoms with van der Waals surface area (Å²) in [6.45, 7) is 5.93. The smallest absolute Gasteiger partial charge is 0.254 e. The molecule has 0 aromatic rings. The molecular formula is C10H19NO2. The lowest BCUT2D eigenvalue weighted by molar-refractivity contribution is -0.148. The van der Waals surface area contributed by atoms with Crippen molar-refractivity contribution in [2.45, 2.75) is 51.7 Å². The Morgan fingerprint density at radius 3 is 2.38 bits per heavy atom. The second-order valence-electron chi connectivity index (χ2n) is 4.29. The topological polar surface area (TPSA) is 40.5 Å². The Morgan fingerprint density at radius 2 is 2.08 bits per heavy atom. The molecule has 0 unspecified atom stereocenters. The maximum atomic E-state index is 11.7. The molecule has 0 aromatic carbocycles. The third-order valence-electron chi connectivity index (χ3n) is 2.24. The minimum absolute atomic E-state index is 0.128. The fourth-order valence-corrected chi connectivity index (χ4v) is 1.43. The van der Waals surface area contributed by atoms with Crippen LogP contribution < -0.4 is 0 Å². The number of aliphatic hydroxyl groups is 1. The van der Waals surface area contributed by atoms with E-state index < -0.39 is 5.60 Å². The molecule has 1 aliphatic rings. The van der Waals surface area contributed by atoms with E-state index >= 15 is 0 Å². The fourth-order valence-electron chi connectivity index (χ4n) is 1.43. The van der Waals surface area contributed by atoms with E-state index in [2.05, 4.69) is 0 Å². The van der Waals surface area contributed by atoms with Gasteiger partial charge in [-0.2, -0.15) is 0 Å². The number of rotatable bonds is 4. The van der Waals surface area contributed by atoms with Gasteiger partial charge >= 0.3 is 0 Å². The van der Waals surface area contributed by atoms with E-state index in [1.54, 1.807) is 13.8 Å². The van der Waals surface area contributed by atoms with Gasteiger partial charge in [0, 0.05) is 12.6 Å². The molecule has 1 aliphatic carbocycles. The number of carbonyl (C=O) groups is 1. The normalized spacial score (nSPS) is 17.2. The van der Waals surface area contributed by atoms with Crippen LogP contribution in [0.3, 0.4) is 0 Å². The SMILES string of the molecule is CCCN(C(=O)C(C)(C)O)C1CC1. The van der Waals surface area contributed by atoms with Gasteiger partial charge in [0.25, 0.3) is 5.91 Å². The Balaban J connectivity index is 2.58. The molecule has 0 radical (unpaired) electrons. The first-order chi connectivity index (χ1) is 5.96. The van der Waals surface area contributed by atoms with Crippen molar-refractivity contribution in [3.8, 4) is 0 Å². The van der Waals surface area contributed by atoms with Crippen LogP contribution in [-0.4, -0.2) is 34.1 Å². The maximum Gasteiger partial charge on any atom is 0.254 e. The highest BCUT2D eigenvalue weighted by molar-refractivity contribution is 5.84. The molecule has 76 valence electrons. The molecule has 1 fully saturated rings. The zero-order valence-electron chi connectivity index (χ0n) is 8.71. The maximum absolute atomic E-state index is 11.7. The standard InChI is InChI=1S/C10H19NO2/c1-4-7-11(8-5-6-8)9(12)10(2,3)13/h8,13H,4-7H2,1-3H3. The molecule has 1 saturated carbocycles. The lowest BCUT2D eigenvalue weighted by atomic mass is 10.1. The molecule has 0 bridgehead atoms. The predicted molar refractivity (Wildman–Crippen MR) is 51.3 cm³/mol. The van der Waals surface area contributed by atoms with Gasteiger partial charge in [0.2, 0.25) is 0 Å². The van der Waals surface area contributed by atoms with Crippen LogP contribution >= 0.6 is 0 Å². The van der Waals surface area contributed by atoms with E-state index in [1.807, 2.05) is 11.8 Å². The van der Waals surface area contributed by atoms with E-state index in [0.717, 1.165) is 25.8 Å². The highest BCUT2D eigenvalue weighted by Crippen LogP contribution is 2.28. The number of hydrogen-bond donors (Lipinski definition) is 1. The van der Waals surface area contributed by atoms with Gasteiger partial charge in [-0.3, -0.25) is 4.79 Å². The van der Waals surface area contributed by atoms with E-state index in [-0.39, 0.29) is 5.91 Å². The molecule has 3 heteroatoms. The summed E-state index contributed by atoms with van der Waals surface area (Å²) in [7, 11) is 0. The van der Waals surface area contributed by atoms with E-state index in [4.69, 9.17) is 0 Å². The zero-order valence-corrected chi connectivity index (χ0v) is 8.71. The highest BCUT2D eigenvalue weighted by Gasteiger charge is 2.37. The lowest BCUT2D eigenvalue weighted by Gasteiger charge is -2.28. The highest BCUT2D eigenvalue weighted by atomic mass is 16.3. The minimum atomic E-state index is -1.21. The second kappa shape index (κ2) is 3.66. The Morgan fingerprint density at radius 1 is 1.54 bits per heavy atom. The van der Waals surface area contributed by atoms with Gasteiger partial charge in [0.05, 0.1) is 0 Å². The number of amides is 1. The number of hydrogen-bond acceptors (Lipinski definition) is 2. The monoisotopic (exact) mass is 185 g/mol. The third-order valence-corrected chi connectivity index (χ3v) is 2.24. The molecular weight excluding hydrogens is 166 g/mol. The molecule has 3 nitrogen and oxygen atoms in total. The summed E-state index contributed by atoms with van der Waals surface area (Å²) in [5.74, 6) is -0.128. The third kappa shape index (κ3) is 2.69. The van der Waals surface area contributed by atoms with Crippen molar-refractivity contribution in [3.05, 3.63) is 0 Å². The van der Waals surface area contributed by atoms with Gasteiger partial charge in [-0.05, 0) is 33.1 Å². The van der Waals surface area contributed by atoms with Crippen molar-refractivity contribution >= 4 is 5.91 Å². The average molecular weight is 185 g/mol. The van der Waals surface area contributed by atoms with E-state index in [0.29, 0.717) is 6.04 Å². The van der Waals surface area contributed by atoms with Crippen molar-refractivity contribution in [3.63, 3.8) is 0 Å². The summed E-state index contributed by atoms with van der Waals surface area (Å²) >= 11 is 0. The van der Waals surface area contributed by atoms with Gasteiger partial charge in [0.1, 0.15) is 5.60 Å². The van der Waals surface area contributed by atoms with Crippen LogP contribution in [-0.2, 0) is 4.79 Å². The summed E-state index contributed by atoms with van der Waals surface area (Å²) in [4.78, 5) is 13.5. The Labute approximate surface area is 79.7 Å². The van der Waals surface area contributed by atoms with Crippen LogP contribution in [0, 0.1) is 0 Å². The zero-order chi connectivity index (χ0) is 10.1. The molecule has 0 spiro atoms. The van der Waals surface area contributed by atoms with Gasteiger partial charge in [-0.15, -0.1) is 0 Å². The first kappa shape index (κ1) is 10.5. The van der Waals surface area contributed by atoms with Crippen LogP contribution in [0.1, 0.15) is 40.0 Å². The lowest BCUT2D eigenvalue weighted by Crippen LogP contribution is -2.46. The molecule has 13 heavy (non-hydrogen) atoms. The summed E-state index contributed by atoms with van der Waals surface area (Å²) < 4.78 is 0. The van der Waals surface area contributed by atoms with Crippen molar-refractivity contribution in [1.29, 1.82) is 0 Å². The quantitative estimate of drug-likeness (QED) is 0.714. The van der Waals surface area contributed by atoms with E-state index in [9.17, 15) is 9.90 Å². The molecule has 1 rings (SSSR count). The van der Waals surface area contributed by atoms with Crippen molar-refractivity contribution in [2.24, 2.45) is 0 Å². The molecule has 0 aromatic heterocycles. The minimum Gasteiger partial charge on any atom is -0.381 e. The van der Waals surface area contributed by atoms with Crippen molar-refractivity contribution in [1.82, 2.24) is 4.90 Å². The number of carbonyl (C=O) groups excluding carboxylic acids is 1. The van der Waals surface area contributed by atoms with Crippen LogP contribution in [0.5, 0.6) is 0 Å². The molecule has 0 aliphatic heterocycles. The first-order valence-electron chi connectivity index (χ1n) is 5.00. The van der Waals surface area contributed by atoms with Crippen molar-refractivity contribution in [2.75, 3.05) is 6.54 Å². The van der Waals surface area contributed by atoms with Gasteiger partial charge in [-0.25, -0.2) is 0 Å². The summed E-state index contributed by atoms with van der Waals surface area (Å²) in [6, 6.07) is 0.402. The molecule has 1 N–H and O–H groups in total. The molecule has 1 amide bonds. The van der Waals surface area contributed by atoms with Gasteiger partial charge < -0.3 is 10.0 Å². The molecule has 0 heterocycles. The van der Waals surface area contributed by atoms with Crippen LogP contribution in [0.15, 0.2) is 0 Å². The summed E-state index contributed by atoms with van der Waals surface area (Å²) in [5.41, 5.74) is -1.21. The van der Waals surface area contributed by atoms with Gasteiger partial charge in [-0.1, -0.05) is 6.92 Å². The Bertz CT molecular complexity index is 192. The summed E-state index contributed by atoms with van der Waals surface area (Å²) in [6.07, 6.45) is 3.15. The fraction of sp³-hybridized carbons (Fsp3) is 0.900. The predicted octanol–water partition coefficient (Wildman–Crippen LogP) is 1.16. The Kier molecular flexibility index (Phi) is 2.96. The number of nitrogens with zero attached hydrogens (tertiary/aromatic N) is 1. The first-order valence-corrected chi connectivity index (χ1v) is 5.00. The summed E-state index contributed by atoms with van der Waals surface area (Å²) in [5, 5.41) is 9.57. The van der Waals surface area contributed by atoms with E-state index in [1.165, 1.54) is 0 Å². The molecule has 0 atom stereocenters. The van der Waals surface area contributed by atoms with Crippen molar-refractivity contribution < 1.29 is 9.90 Å². The average Bonchev–Trinajstić information content (AvgIpc) is 2.79. The largest absolute Gasteiger partial charge is 0.381 e. The second-order valence-corrected chi connectivity index (χ2v) is 4.29.